The number of carbonyl (C=O) groups excluding carboxylic acids is 1. The molecule has 0 bridgehead atoms. The van der Waals surface area contributed by atoms with Crippen molar-refractivity contribution in [1.82, 2.24) is 15.1 Å². The smallest absolute Gasteiger partial charge is 0.220 e. The van der Waals surface area contributed by atoms with Gasteiger partial charge in [-0.3, -0.25) is 9.48 Å². The van der Waals surface area contributed by atoms with Gasteiger partial charge in [0.15, 0.2) is 0 Å². The van der Waals surface area contributed by atoms with Crippen LogP contribution < -0.4 is 5.32 Å². The third kappa shape index (κ3) is 4.58. The van der Waals surface area contributed by atoms with Gasteiger partial charge in [-0.15, -0.1) is 0 Å². The summed E-state index contributed by atoms with van der Waals surface area (Å²) in [5.74, 6) is 0.526. The van der Waals surface area contributed by atoms with Gasteiger partial charge < -0.3 is 5.32 Å². The standard InChI is InChI=1S/C24H25N3O/c28-24(16-19-6-1-2-7-19)25-17-22-8-3-4-9-23(22)21-12-10-20(11-13-21)18-27-15-5-14-26-27/h1,3-6,8-15,19H,2,7,16-18H2,(H,25,28). The summed E-state index contributed by atoms with van der Waals surface area (Å²) in [6.45, 7) is 1.32. The lowest BCUT2D eigenvalue weighted by Crippen LogP contribution is -2.24. The number of amides is 1. The summed E-state index contributed by atoms with van der Waals surface area (Å²) in [5.41, 5.74) is 4.67. The quantitative estimate of drug-likeness (QED) is 0.619. The van der Waals surface area contributed by atoms with Gasteiger partial charge in [-0.05, 0) is 47.1 Å². The molecule has 1 aliphatic carbocycles. The van der Waals surface area contributed by atoms with Gasteiger partial charge in [0.25, 0.3) is 0 Å². The lowest BCUT2D eigenvalue weighted by molar-refractivity contribution is -0.121. The van der Waals surface area contributed by atoms with Crippen LogP contribution in [-0.2, 0) is 17.9 Å². The maximum Gasteiger partial charge on any atom is 0.220 e. The molecule has 1 unspecified atom stereocenters. The number of aromatic nitrogens is 2. The average molecular weight is 371 g/mol. The van der Waals surface area contributed by atoms with Crippen molar-refractivity contribution in [3.63, 3.8) is 0 Å². The SMILES string of the molecule is O=C(CC1C=CCC1)NCc1ccccc1-c1ccc(Cn2cccn2)cc1. The Morgan fingerprint density at radius 1 is 1.11 bits per heavy atom. The monoisotopic (exact) mass is 371 g/mol. The number of carbonyl (C=O) groups is 1. The molecule has 4 rings (SSSR count). The van der Waals surface area contributed by atoms with Crippen LogP contribution in [0.4, 0.5) is 0 Å². The molecular formula is C24H25N3O. The summed E-state index contributed by atoms with van der Waals surface area (Å²) < 4.78 is 1.91. The van der Waals surface area contributed by atoms with Crippen molar-refractivity contribution in [2.45, 2.75) is 32.4 Å². The van der Waals surface area contributed by atoms with E-state index in [1.807, 2.05) is 29.1 Å². The highest BCUT2D eigenvalue weighted by atomic mass is 16.1. The van der Waals surface area contributed by atoms with Crippen molar-refractivity contribution < 1.29 is 4.79 Å². The van der Waals surface area contributed by atoms with Crippen molar-refractivity contribution in [3.8, 4) is 11.1 Å². The van der Waals surface area contributed by atoms with Crippen LogP contribution in [0.1, 0.15) is 30.4 Å². The van der Waals surface area contributed by atoms with Crippen LogP contribution in [0.15, 0.2) is 79.1 Å². The molecular weight excluding hydrogens is 346 g/mol. The van der Waals surface area contributed by atoms with E-state index in [9.17, 15) is 4.79 Å². The summed E-state index contributed by atoms with van der Waals surface area (Å²) in [6.07, 6.45) is 10.9. The number of benzene rings is 2. The minimum absolute atomic E-state index is 0.126. The van der Waals surface area contributed by atoms with E-state index in [0.717, 1.165) is 36.1 Å². The van der Waals surface area contributed by atoms with Crippen molar-refractivity contribution in [2.24, 2.45) is 5.92 Å². The molecule has 4 nitrogen and oxygen atoms in total. The zero-order valence-electron chi connectivity index (χ0n) is 15.9. The van der Waals surface area contributed by atoms with Gasteiger partial charge in [0.05, 0.1) is 6.54 Å². The van der Waals surface area contributed by atoms with Gasteiger partial charge in [0.2, 0.25) is 5.91 Å². The summed E-state index contributed by atoms with van der Waals surface area (Å²) in [4.78, 5) is 12.3. The molecule has 1 amide bonds. The third-order valence-electron chi connectivity index (χ3n) is 5.22. The second-order valence-electron chi connectivity index (χ2n) is 7.30. The largest absolute Gasteiger partial charge is 0.352 e. The highest BCUT2D eigenvalue weighted by Gasteiger charge is 2.14. The minimum atomic E-state index is 0.126. The average Bonchev–Trinajstić information content (AvgIpc) is 3.42. The normalized spacial score (nSPS) is 15.6. The Kier molecular flexibility index (Phi) is 5.66. The molecule has 0 radical (unpaired) electrons. The maximum atomic E-state index is 12.3. The Morgan fingerprint density at radius 2 is 1.96 bits per heavy atom. The predicted molar refractivity (Wildman–Crippen MR) is 112 cm³/mol. The van der Waals surface area contributed by atoms with E-state index in [-0.39, 0.29) is 5.91 Å². The molecule has 4 heteroatoms. The number of nitrogens with zero attached hydrogens (tertiary/aromatic N) is 2. The van der Waals surface area contributed by atoms with Crippen molar-refractivity contribution in [3.05, 3.63) is 90.3 Å². The fraction of sp³-hybridized carbons (Fsp3) is 0.250. The van der Waals surface area contributed by atoms with E-state index in [1.54, 1.807) is 6.20 Å². The lowest BCUT2D eigenvalue weighted by Gasteiger charge is -2.13. The summed E-state index contributed by atoms with van der Waals surface area (Å²) >= 11 is 0. The molecule has 0 spiro atoms. The Morgan fingerprint density at radius 3 is 2.71 bits per heavy atom. The van der Waals surface area contributed by atoms with E-state index < -0.39 is 0 Å². The summed E-state index contributed by atoms with van der Waals surface area (Å²) in [5, 5.41) is 7.35. The predicted octanol–water partition coefficient (Wildman–Crippen LogP) is 4.57. The van der Waals surface area contributed by atoms with Crippen LogP contribution in [0.3, 0.4) is 0 Å². The second-order valence-corrected chi connectivity index (χ2v) is 7.30. The van der Waals surface area contributed by atoms with Crippen LogP contribution in [0, 0.1) is 5.92 Å². The fourth-order valence-electron chi connectivity index (χ4n) is 3.70. The van der Waals surface area contributed by atoms with Gasteiger partial charge >= 0.3 is 0 Å². The molecule has 142 valence electrons. The molecule has 2 aromatic carbocycles. The molecule has 0 aliphatic heterocycles. The highest BCUT2D eigenvalue weighted by Crippen LogP contribution is 2.25. The molecule has 1 atom stereocenters. The number of allylic oxidation sites excluding steroid dienone is 2. The van der Waals surface area contributed by atoms with Crippen LogP contribution in [0.25, 0.3) is 11.1 Å². The number of rotatable bonds is 7. The van der Waals surface area contributed by atoms with Gasteiger partial charge in [0.1, 0.15) is 0 Å². The highest BCUT2D eigenvalue weighted by molar-refractivity contribution is 5.77. The molecule has 1 aromatic heterocycles. The number of nitrogens with one attached hydrogen (secondary N) is 1. The minimum Gasteiger partial charge on any atom is -0.352 e. The molecule has 1 heterocycles. The maximum absolute atomic E-state index is 12.3. The summed E-state index contributed by atoms with van der Waals surface area (Å²) in [7, 11) is 0. The van der Waals surface area contributed by atoms with Gasteiger partial charge in [-0.1, -0.05) is 60.7 Å². The fourth-order valence-corrected chi connectivity index (χ4v) is 3.70. The summed E-state index contributed by atoms with van der Waals surface area (Å²) in [6, 6.07) is 18.8. The first-order chi connectivity index (χ1) is 13.8. The van der Waals surface area contributed by atoms with E-state index in [0.29, 0.717) is 18.9 Å². The Labute approximate surface area is 165 Å². The molecule has 0 fully saturated rings. The van der Waals surface area contributed by atoms with E-state index >= 15 is 0 Å². The van der Waals surface area contributed by atoms with Crippen LogP contribution in [-0.4, -0.2) is 15.7 Å². The molecule has 28 heavy (non-hydrogen) atoms. The zero-order valence-corrected chi connectivity index (χ0v) is 15.9. The first-order valence-corrected chi connectivity index (χ1v) is 9.86. The topological polar surface area (TPSA) is 46.9 Å². The Balaban J connectivity index is 1.42. The van der Waals surface area contributed by atoms with Gasteiger partial charge in [0, 0.05) is 25.4 Å². The number of hydrogen-bond acceptors (Lipinski definition) is 2. The zero-order chi connectivity index (χ0) is 19.2. The van der Waals surface area contributed by atoms with Crippen molar-refractivity contribution >= 4 is 5.91 Å². The van der Waals surface area contributed by atoms with Gasteiger partial charge in [-0.25, -0.2) is 0 Å². The molecule has 0 saturated carbocycles. The lowest BCUT2D eigenvalue weighted by atomic mass is 9.98. The number of hydrogen-bond donors (Lipinski definition) is 1. The van der Waals surface area contributed by atoms with Crippen LogP contribution in [0.2, 0.25) is 0 Å². The van der Waals surface area contributed by atoms with E-state index in [1.165, 1.54) is 5.56 Å². The Hall–Kier alpha value is -3.14. The van der Waals surface area contributed by atoms with Crippen LogP contribution in [0.5, 0.6) is 0 Å². The third-order valence-corrected chi connectivity index (χ3v) is 5.22. The second kappa shape index (κ2) is 8.70. The Bertz CT molecular complexity index is 942. The van der Waals surface area contributed by atoms with Crippen molar-refractivity contribution in [2.75, 3.05) is 0 Å². The first kappa shape index (κ1) is 18.2. The molecule has 1 N–H and O–H groups in total. The van der Waals surface area contributed by atoms with E-state index in [4.69, 9.17) is 0 Å². The van der Waals surface area contributed by atoms with E-state index in [2.05, 4.69) is 59.0 Å². The van der Waals surface area contributed by atoms with Crippen molar-refractivity contribution in [1.29, 1.82) is 0 Å². The van der Waals surface area contributed by atoms with Crippen LogP contribution >= 0.6 is 0 Å². The molecule has 1 aliphatic rings. The first-order valence-electron chi connectivity index (χ1n) is 9.86. The molecule has 3 aromatic rings. The molecule has 0 saturated heterocycles. The van der Waals surface area contributed by atoms with Gasteiger partial charge in [-0.2, -0.15) is 5.10 Å².